The van der Waals surface area contributed by atoms with Crippen molar-refractivity contribution in [1.82, 2.24) is 4.57 Å². The molecule has 0 aliphatic heterocycles. The van der Waals surface area contributed by atoms with Gasteiger partial charge in [0, 0.05) is 28.4 Å². The number of nitrogens with one attached hydrogen (secondary N) is 1. The number of fused-ring (bicyclic) bond motifs is 1. The van der Waals surface area contributed by atoms with E-state index in [1.165, 1.54) is 6.07 Å². The molecule has 1 aromatic heterocycles. The van der Waals surface area contributed by atoms with Crippen molar-refractivity contribution in [3.63, 3.8) is 0 Å². The first-order valence-electron chi connectivity index (χ1n) is 7.18. The molecule has 3 aromatic rings. The largest absolute Gasteiger partial charge is 0.338 e. The lowest BCUT2D eigenvalue weighted by atomic mass is 10.2. The number of anilines is 1. The van der Waals surface area contributed by atoms with Crippen LogP contribution in [0.1, 0.15) is 5.56 Å². The number of aryl methyl sites for hydroxylation is 1. The first kappa shape index (κ1) is 15.3. The molecule has 0 radical (unpaired) electrons. The van der Waals surface area contributed by atoms with E-state index in [9.17, 15) is 9.59 Å². The number of pyridine rings is 1. The van der Waals surface area contributed by atoms with Crippen LogP contribution in [-0.4, -0.2) is 10.5 Å². The predicted octanol–water partition coefficient (Wildman–Crippen LogP) is 3.60. The number of hydrogen-bond acceptors (Lipinski definition) is 2. The van der Waals surface area contributed by atoms with Crippen LogP contribution >= 0.6 is 11.6 Å². The molecule has 0 spiro atoms. The zero-order chi connectivity index (χ0) is 16.4. The van der Waals surface area contributed by atoms with Gasteiger partial charge >= 0.3 is 0 Å². The highest BCUT2D eigenvalue weighted by Gasteiger charge is 2.08. The Morgan fingerprint density at radius 3 is 2.78 bits per heavy atom. The van der Waals surface area contributed by atoms with E-state index in [0.717, 1.165) is 11.3 Å². The average molecular weight is 327 g/mol. The summed E-state index contributed by atoms with van der Waals surface area (Å²) in [6.07, 6.45) is 1.62. The molecule has 1 amide bonds. The van der Waals surface area contributed by atoms with Gasteiger partial charge in [-0.15, -0.1) is 0 Å². The van der Waals surface area contributed by atoms with Gasteiger partial charge in [-0.05, 0) is 42.8 Å². The van der Waals surface area contributed by atoms with E-state index in [2.05, 4.69) is 5.32 Å². The van der Waals surface area contributed by atoms with Crippen molar-refractivity contribution in [3.8, 4) is 0 Å². The highest BCUT2D eigenvalue weighted by atomic mass is 35.5. The minimum atomic E-state index is -0.157. The summed E-state index contributed by atoms with van der Waals surface area (Å²) in [5.74, 6) is -0.157. The SMILES string of the molecule is Cc1cccc(NC(=O)Cn2ccc(=O)c3cc(Cl)ccc32)c1. The standard InChI is InChI=1S/C18H15ClN2O2/c1-12-3-2-4-14(9-12)20-18(23)11-21-8-7-17(22)15-10-13(19)5-6-16(15)21/h2-10H,11H2,1H3,(H,20,23). The van der Waals surface area contributed by atoms with E-state index in [1.807, 2.05) is 31.2 Å². The van der Waals surface area contributed by atoms with Crippen molar-refractivity contribution in [2.45, 2.75) is 13.5 Å². The number of nitrogens with zero attached hydrogens (tertiary/aromatic N) is 1. The minimum Gasteiger partial charge on any atom is -0.338 e. The third-order valence-electron chi connectivity index (χ3n) is 3.56. The summed E-state index contributed by atoms with van der Waals surface area (Å²) in [4.78, 5) is 24.2. The van der Waals surface area contributed by atoms with E-state index in [0.29, 0.717) is 15.9 Å². The zero-order valence-corrected chi connectivity index (χ0v) is 13.3. The van der Waals surface area contributed by atoms with Crippen LogP contribution in [0.4, 0.5) is 5.69 Å². The first-order chi connectivity index (χ1) is 11.0. The Morgan fingerprint density at radius 1 is 1.17 bits per heavy atom. The van der Waals surface area contributed by atoms with Crippen molar-refractivity contribution >= 4 is 34.1 Å². The lowest BCUT2D eigenvalue weighted by Gasteiger charge is -2.11. The van der Waals surface area contributed by atoms with E-state index in [-0.39, 0.29) is 17.9 Å². The van der Waals surface area contributed by atoms with Gasteiger partial charge in [-0.3, -0.25) is 9.59 Å². The molecule has 3 rings (SSSR count). The Labute approximate surface area is 138 Å². The van der Waals surface area contributed by atoms with Crippen LogP contribution in [0, 0.1) is 6.92 Å². The van der Waals surface area contributed by atoms with Gasteiger partial charge < -0.3 is 9.88 Å². The number of carbonyl (C=O) groups excluding carboxylic acids is 1. The second-order valence-corrected chi connectivity index (χ2v) is 5.82. The molecule has 1 heterocycles. The molecule has 4 nitrogen and oxygen atoms in total. The monoisotopic (exact) mass is 326 g/mol. The van der Waals surface area contributed by atoms with Crippen LogP contribution < -0.4 is 10.7 Å². The summed E-state index contributed by atoms with van der Waals surface area (Å²) in [5.41, 5.74) is 2.40. The maximum Gasteiger partial charge on any atom is 0.244 e. The molecule has 0 saturated carbocycles. The second kappa shape index (κ2) is 6.26. The summed E-state index contributed by atoms with van der Waals surface area (Å²) in [6.45, 7) is 2.08. The van der Waals surface area contributed by atoms with Gasteiger partial charge in [0.2, 0.25) is 5.91 Å². The number of rotatable bonds is 3. The fraction of sp³-hybridized carbons (Fsp3) is 0.111. The topological polar surface area (TPSA) is 51.1 Å². The average Bonchev–Trinajstić information content (AvgIpc) is 2.50. The molecular formula is C18H15ClN2O2. The van der Waals surface area contributed by atoms with Crippen LogP contribution in [0.5, 0.6) is 0 Å². The summed E-state index contributed by atoms with van der Waals surface area (Å²) in [5, 5.41) is 3.86. The van der Waals surface area contributed by atoms with Crippen molar-refractivity contribution in [3.05, 3.63) is 75.5 Å². The first-order valence-corrected chi connectivity index (χ1v) is 7.56. The number of aromatic nitrogens is 1. The quantitative estimate of drug-likeness (QED) is 0.799. The lowest BCUT2D eigenvalue weighted by molar-refractivity contribution is -0.116. The molecule has 0 saturated heterocycles. The van der Waals surface area contributed by atoms with Crippen molar-refractivity contribution in [1.29, 1.82) is 0 Å². The summed E-state index contributed by atoms with van der Waals surface area (Å²) >= 11 is 5.94. The zero-order valence-electron chi connectivity index (χ0n) is 12.5. The smallest absolute Gasteiger partial charge is 0.244 e. The van der Waals surface area contributed by atoms with E-state index >= 15 is 0 Å². The number of benzene rings is 2. The molecule has 116 valence electrons. The number of amides is 1. The van der Waals surface area contributed by atoms with Crippen molar-refractivity contribution in [2.24, 2.45) is 0 Å². The Hall–Kier alpha value is -2.59. The van der Waals surface area contributed by atoms with Gasteiger partial charge in [0.15, 0.2) is 5.43 Å². The van der Waals surface area contributed by atoms with Gasteiger partial charge in [-0.2, -0.15) is 0 Å². The van der Waals surface area contributed by atoms with Gasteiger partial charge in [0.1, 0.15) is 6.54 Å². The molecular weight excluding hydrogens is 312 g/mol. The normalized spacial score (nSPS) is 10.7. The summed E-state index contributed by atoms with van der Waals surface area (Å²) in [7, 11) is 0. The summed E-state index contributed by atoms with van der Waals surface area (Å²) < 4.78 is 1.73. The van der Waals surface area contributed by atoms with Crippen molar-refractivity contribution in [2.75, 3.05) is 5.32 Å². The fourth-order valence-corrected chi connectivity index (χ4v) is 2.67. The third-order valence-corrected chi connectivity index (χ3v) is 3.79. The Balaban J connectivity index is 1.88. The Morgan fingerprint density at radius 2 is 2.00 bits per heavy atom. The molecule has 0 atom stereocenters. The minimum absolute atomic E-state index is 0.113. The van der Waals surface area contributed by atoms with E-state index < -0.39 is 0 Å². The molecule has 1 N–H and O–H groups in total. The molecule has 2 aromatic carbocycles. The van der Waals surface area contributed by atoms with Gasteiger partial charge in [0.25, 0.3) is 0 Å². The molecule has 0 bridgehead atoms. The van der Waals surface area contributed by atoms with Gasteiger partial charge in [-0.25, -0.2) is 0 Å². The number of carbonyl (C=O) groups is 1. The van der Waals surface area contributed by atoms with Crippen LogP contribution in [0.25, 0.3) is 10.9 Å². The molecule has 0 aliphatic carbocycles. The molecule has 0 fully saturated rings. The predicted molar refractivity (Wildman–Crippen MR) is 93.0 cm³/mol. The maximum atomic E-state index is 12.3. The van der Waals surface area contributed by atoms with E-state index in [4.69, 9.17) is 11.6 Å². The summed E-state index contributed by atoms with van der Waals surface area (Å²) in [6, 6.07) is 14.1. The maximum absolute atomic E-state index is 12.3. The lowest BCUT2D eigenvalue weighted by Crippen LogP contribution is -2.20. The second-order valence-electron chi connectivity index (χ2n) is 5.39. The fourth-order valence-electron chi connectivity index (χ4n) is 2.50. The van der Waals surface area contributed by atoms with Gasteiger partial charge in [-0.1, -0.05) is 23.7 Å². The van der Waals surface area contributed by atoms with Gasteiger partial charge in [0.05, 0.1) is 5.52 Å². The Kier molecular flexibility index (Phi) is 4.17. The Bertz CT molecular complexity index is 947. The van der Waals surface area contributed by atoms with Crippen molar-refractivity contribution < 1.29 is 4.79 Å². The highest BCUT2D eigenvalue weighted by molar-refractivity contribution is 6.31. The van der Waals surface area contributed by atoms with Crippen LogP contribution in [0.15, 0.2) is 59.5 Å². The molecule has 0 unspecified atom stereocenters. The molecule has 23 heavy (non-hydrogen) atoms. The number of halogens is 1. The van der Waals surface area contributed by atoms with Crippen LogP contribution in [0.2, 0.25) is 5.02 Å². The number of hydrogen-bond donors (Lipinski definition) is 1. The highest BCUT2D eigenvalue weighted by Crippen LogP contribution is 2.17. The van der Waals surface area contributed by atoms with Crippen LogP contribution in [0.3, 0.4) is 0 Å². The molecule has 0 aliphatic rings. The van der Waals surface area contributed by atoms with Crippen LogP contribution in [-0.2, 0) is 11.3 Å². The van der Waals surface area contributed by atoms with E-state index in [1.54, 1.807) is 29.0 Å². The molecule has 5 heteroatoms. The third kappa shape index (κ3) is 3.43.